The molecule has 102 valence electrons. The zero-order valence-corrected chi connectivity index (χ0v) is 11.5. The van der Waals surface area contributed by atoms with Crippen LogP contribution in [-0.2, 0) is 0 Å². The number of methoxy groups -OCH3 is 2. The summed E-state index contributed by atoms with van der Waals surface area (Å²) < 4.78 is 16.3. The maximum absolute atomic E-state index is 5.76. The van der Waals surface area contributed by atoms with Crippen LogP contribution >= 0.6 is 0 Å². The van der Waals surface area contributed by atoms with Gasteiger partial charge in [0.25, 0.3) is 0 Å². The monoisotopic (exact) mass is 253 g/mol. The molecule has 0 spiro atoms. The van der Waals surface area contributed by atoms with Crippen LogP contribution in [0.1, 0.15) is 19.3 Å². The summed E-state index contributed by atoms with van der Waals surface area (Å²) in [6.07, 6.45) is 3.35. The van der Waals surface area contributed by atoms with Gasteiger partial charge >= 0.3 is 0 Å². The maximum Gasteiger partial charge on any atom is 0.203 e. The molecule has 0 atom stereocenters. The van der Waals surface area contributed by atoms with E-state index in [4.69, 9.17) is 14.2 Å². The zero-order chi connectivity index (χ0) is 13.2. The fourth-order valence-electron chi connectivity index (χ4n) is 1.71. The fourth-order valence-corrected chi connectivity index (χ4v) is 1.71. The van der Waals surface area contributed by atoms with E-state index < -0.39 is 0 Å². The lowest BCUT2D eigenvalue weighted by molar-refractivity contribution is 0.267. The fraction of sp³-hybridized carbons (Fsp3) is 0.571. The molecule has 1 rings (SSSR count). The molecule has 0 amide bonds. The van der Waals surface area contributed by atoms with Gasteiger partial charge in [-0.05, 0) is 45.0 Å². The highest BCUT2D eigenvalue weighted by molar-refractivity contribution is 5.51. The molecular formula is C14H23NO3. The number of benzene rings is 1. The minimum absolute atomic E-state index is 0.681. The minimum Gasteiger partial charge on any atom is -0.493 e. The smallest absolute Gasteiger partial charge is 0.203 e. The van der Waals surface area contributed by atoms with Gasteiger partial charge in [-0.25, -0.2) is 0 Å². The number of nitrogens with one attached hydrogen (secondary N) is 1. The lowest BCUT2D eigenvalue weighted by atomic mass is 10.2. The van der Waals surface area contributed by atoms with Crippen molar-refractivity contribution in [2.45, 2.75) is 19.3 Å². The van der Waals surface area contributed by atoms with E-state index in [2.05, 4.69) is 5.32 Å². The third-order valence-electron chi connectivity index (χ3n) is 2.70. The molecule has 0 radical (unpaired) electrons. The first-order chi connectivity index (χ1) is 8.83. The molecule has 0 saturated carbocycles. The molecule has 18 heavy (non-hydrogen) atoms. The van der Waals surface area contributed by atoms with Crippen LogP contribution in [0.2, 0.25) is 0 Å². The molecule has 1 aromatic carbocycles. The van der Waals surface area contributed by atoms with Crippen LogP contribution in [0.15, 0.2) is 18.2 Å². The summed E-state index contributed by atoms with van der Waals surface area (Å²) in [7, 11) is 5.24. The lowest BCUT2D eigenvalue weighted by Gasteiger charge is -2.13. The molecule has 4 nitrogen and oxygen atoms in total. The third-order valence-corrected chi connectivity index (χ3v) is 2.70. The first kappa shape index (κ1) is 14.6. The summed E-state index contributed by atoms with van der Waals surface area (Å²) in [5, 5.41) is 3.13. The summed E-state index contributed by atoms with van der Waals surface area (Å²) in [5.74, 6) is 2.12. The van der Waals surface area contributed by atoms with E-state index in [1.165, 1.54) is 6.42 Å². The Morgan fingerprint density at radius 1 is 1.00 bits per heavy atom. The summed E-state index contributed by atoms with van der Waals surface area (Å²) >= 11 is 0. The first-order valence-electron chi connectivity index (χ1n) is 6.32. The van der Waals surface area contributed by atoms with Gasteiger partial charge < -0.3 is 19.5 Å². The van der Waals surface area contributed by atoms with Gasteiger partial charge in [0.2, 0.25) is 5.75 Å². The van der Waals surface area contributed by atoms with Crippen molar-refractivity contribution in [3.05, 3.63) is 18.2 Å². The van der Waals surface area contributed by atoms with Crippen LogP contribution in [0.5, 0.6) is 17.2 Å². The van der Waals surface area contributed by atoms with Gasteiger partial charge in [0.05, 0.1) is 20.8 Å². The average Bonchev–Trinajstić information content (AvgIpc) is 2.42. The second-order valence-electron chi connectivity index (χ2n) is 4.00. The molecule has 0 aromatic heterocycles. The van der Waals surface area contributed by atoms with Gasteiger partial charge in [-0.3, -0.25) is 0 Å². The van der Waals surface area contributed by atoms with Gasteiger partial charge in [0.1, 0.15) is 0 Å². The van der Waals surface area contributed by atoms with Crippen molar-refractivity contribution in [2.75, 3.05) is 34.4 Å². The van der Waals surface area contributed by atoms with Crippen LogP contribution in [0.25, 0.3) is 0 Å². The number of hydrogen-bond donors (Lipinski definition) is 1. The van der Waals surface area contributed by atoms with Crippen molar-refractivity contribution in [3.8, 4) is 17.2 Å². The highest BCUT2D eigenvalue weighted by Gasteiger charge is 2.10. The Labute approximate surface area is 109 Å². The molecule has 0 bridgehead atoms. The van der Waals surface area contributed by atoms with E-state index in [9.17, 15) is 0 Å². The molecule has 0 heterocycles. The SMILES string of the molecule is CNCCCCCOc1c(OC)cccc1OC. The molecule has 1 N–H and O–H groups in total. The van der Waals surface area contributed by atoms with Crippen molar-refractivity contribution >= 4 is 0 Å². The Kier molecular flexibility index (Phi) is 7.03. The van der Waals surface area contributed by atoms with Crippen LogP contribution < -0.4 is 19.5 Å². The Morgan fingerprint density at radius 3 is 2.22 bits per heavy atom. The molecule has 0 fully saturated rings. The predicted octanol–water partition coefficient (Wildman–Crippen LogP) is 2.47. The number of unbranched alkanes of at least 4 members (excludes halogenated alkanes) is 2. The second-order valence-corrected chi connectivity index (χ2v) is 4.00. The van der Waals surface area contributed by atoms with Crippen LogP contribution in [0.3, 0.4) is 0 Å². The van der Waals surface area contributed by atoms with E-state index in [0.29, 0.717) is 23.9 Å². The number of ether oxygens (including phenoxy) is 3. The Morgan fingerprint density at radius 2 is 1.67 bits per heavy atom. The Balaban J connectivity index is 2.45. The van der Waals surface area contributed by atoms with Crippen LogP contribution in [0.4, 0.5) is 0 Å². The maximum atomic E-state index is 5.76. The third kappa shape index (κ3) is 4.45. The molecule has 0 aliphatic carbocycles. The standard InChI is InChI=1S/C14H23NO3/c1-15-10-5-4-6-11-18-14-12(16-2)8-7-9-13(14)17-3/h7-9,15H,4-6,10-11H2,1-3H3. The van der Waals surface area contributed by atoms with Gasteiger partial charge in [0.15, 0.2) is 11.5 Å². The van der Waals surface area contributed by atoms with E-state index in [-0.39, 0.29) is 0 Å². The van der Waals surface area contributed by atoms with Crippen molar-refractivity contribution in [2.24, 2.45) is 0 Å². The number of hydrogen-bond acceptors (Lipinski definition) is 4. The number of rotatable bonds is 9. The molecule has 0 saturated heterocycles. The highest BCUT2D eigenvalue weighted by Crippen LogP contribution is 2.36. The normalized spacial score (nSPS) is 10.2. The summed E-state index contributed by atoms with van der Waals surface area (Å²) in [5.41, 5.74) is 0. The summed E-state index contributed by atoms with van der Waals surface area (Å²) in [6.45, 7) is 1.73. The van der Waals surface area contributed by atoms with Crippen molar-refractivity contribution in [3.63, 3.8) is 0 Å². The molecule has 1 aromatic rings. The molecule has 0 aliphatic heterocycles. The number of para-hydroxylation sites is 1. The van der Waals surface area contributed by atoms with E-state index in [1.807, 2.05) is 25.2 Å². The zero-order valence-electron chi connectivity index (χ0n) is 11.5. The van der Waals surface area contributed by atoms with Crippen molar-refractivity contribution in [1.29, 1.82) is 0 Å². The van der Waals surface area contributed by atoms with E-state index >= 15 is 0 Å². The van der Waals surface area contributed by atoms with Crippen LogP contribution in [-0.4, -0.2) is 34.4 Å². The first-order valence-corrected chi connectivity index (χ1v) is 6.32. The van der Waals surface area contributed by atoms with Gasteiger partial charge in [0, 0.05) is 0 Å². The minimum atomic E-state index is 0.681. The second kappa shape index (κ2) is 8.64. The van der Waals surface area contributed by atoms with Gasteiger partial charge in [-0.1, -0.05) is 6.07 Å². The highest BCUT2D eigenvalue weighted by atomic mass is 16.5. The lowest BCUT2D eigenvalue weighted by Crippen LogP contribution is -2.08. The summed E-state index contributed by atoms with van der Waals surface area (Å²) in [6, 6.07) is 5.63. The molecular weight excluding hydrogens is 230 g/mol. The van der Waals surface area contributed by atoms with E-state index in [0.717, 1.165) is 19.4 Å². The Bertz CT molecular complexity index is 320. The summed E-state index contributed by atoms with van der Waals surface area (Å²) in [4.78, 5) is 0. The quantitative estimate of drug-likeness (QED) is 0.686. The average molecular weight is 253 g/mol. The molecule has 0 aliphatic rings. The van der Waals surface area contributed by atoms with Crippen LogP contribution in [0, 0.1) is 0 Å². The topological polar surface area (TPSA) is 39.7 Å². The van der Waals surface area contributed by atoms with Crippen molar-refractivity contribution in [1.82, 2.24) is 5.32 Å². The molecule has 4 heteroatoms. The largest absolute Gasteiger partial charge is 0.493 e. The predicted molar refractivity (Wildman–Crippen MR) is 72.8 cm³/mol. The van der Waals surface area contributed by atoms with Gasteiger partial charge in [-0.15, -0.1) is 0 Å². The Hall–Kier alpha value is -1.42. The molecule has 0 unspecified atom stereocenters. The van der Waals surface area contributed by atoms with Crippen molar-refractivity contribution < 1.29 is 14.2 Å². The van der Waals surface area contributed by atoms with Gasteiger partial charge in [-0.2, -0.15) is 0 Å². The van der Waals surface area contributed by atoms with E-state index in [1.54, 1.807) is 14.2 Å².